The minimum absolute atomic E-state index is 0.00757. The van der Waals surface area contributed by atoms with Crippen molar-refractivity contribution in [2.24, 2.45) is 0 Å². The first-order valence-electron chi connectivity index (χ1n) is 21.2. The molecule has 4 fully saturated rings. The molecule has 59 heavy (non-hydrogen) atoms. The second-order valence-electron chi connectivity index (χ2n) is 18.2. The van der Waals surface area contributed by atoms with Crippen LogP contribution in [-0.4, -0.2) is 99.8 Å². The molecule has 0 spiro atoms. The highest BCUT2D eigenvalue weighted by atomic mass is 28.3. The number of aromatic amines is 1. The molecule has 5 aromatic rings. The van der Waals surface area contributed by atoms with Crippen molar-refractivity contribution < 1.29 is 23.0 Å². The molecule has 4 aliphatic rings. The van der Waals surface area contributed by atoms with E-state index in [1.807, 2.05) is 0 Å². The van der Waals surface area contributed by atoms with E-state index in [1.165, 1.54) is 12.1 Å². The molecular weight excluding hydrogens is 770 g/mol. The van der Waals surface area contributed by atoms with Gasteiger partial charge in [-0.05, 0) is 72.4 Å². The smallest absolute Gasteiger partial charge is 0.319 e. The molecule has 4 atom stereocenters. The van der Waals surface area contributed by atoms with Crippen LogP contribution in [0.2, 0.25) is 16.6 Å². The third kappa shape index (κ3) is 6.73. The largest absolute Gasteiger partial charge is 0.508 e. The third-order valence-electron chi connectivity index (χ3n) is 13.8. The van der Waals surface area contributed by atoms with Gasteiger partial charge >= 0.3 is 6.01 Å². The van der Waals surface area contributed by atoms with Crippen LogP contribution in [0.25, 0.3) is 44.2 Å². The summed E-state index contributed by atoms with van der Waals surface area (Å²) in [5.74, 6) is 2.36. The lowest BCUT2D eigenvalue weighted by molar-refractivity contribution is 0.107. The number of fused-ring (bicyclic) bond motifs is 5. The number of hydrogen-bond donors (Lipinski definition) is 3. The van der Waals surface area contributed by atoms with Crippen molar-refractivity contribution in [3.8, 4) is 45.7 Å². The van der Waals surface area contributed by atoms with E-state index in [4.69, 9.17) is 19.7 Å². The number of piperazine rings is 1. The molecule has 4 saturated heterocycles. The molecule has 0 unspecified atom stereocenters. The van der Waals surface area contributed by atoms with Gasteiger partial charge in [-0.2, -0.15) is 15.1 Å². The zero-order chi connectivity index (χ0) is 41.4. The summed E-state index contributed by atoms with van der Waals surface area (Å²) < 4.78 is 55.5. The quantitative estimate of drug-likeness (QED) is 0.0993. The van der Waals surface area contributed by atoms with E-state index in [9.17, 15) is 9.50 Å². The third-order valence-corrected chi connectivity index (χ3v) is 20.1. The first kappa shape index (κ1) is 39.7. The van der Waals surface area contributed by atoms with Crippen molar-refractivity contribution in [2.45, 2.75) is 114 Å². The summed E-state index contributed by atoms with van der Waals surface area (Å²) in [4.78, 5) is 19.2. The minimum atomic E-state index is -2.33. The van der Waals surface area contributed by atoms with Gasteiger partial charge < -0.3 is 20.1 Å². The van der Waals surface area contributed by atoms with E-state index in [0.29, 0.717) is 75.9 Å². The second kappa shape index (κ2) is 15.1. The van der Waals surface area contributed by atoms with E-state index in [2.05, 4.69) is 78.3 Å². The number of benzene rings is 2. The Kier molecular flexibility index (Phi) is 10.2. The van der Waals surface area contributed by atoms with Crippen LogP contribution in [0.4, 0.5) is 19.0 Å². The second-order valence-corrected chi connectivity index (χ2v) is 23.8. The van der Waals surface area contributed by atoms with Gasteiger partial charge in [0.05, 0.1) is 28.4 Å². The molecular formula is C45H53F3N8O2Si. The molecule has 0 saturated carbocycles. The minimum Gasteiger partial charge on any atom is -0.508 e. The number of phenols is 1. The van der Waals surface area contributed by atoms with Gasteiger partial charge in [0, 0.05) is 60.8 Å². The fourth-order valence-electron chi connectivity index (χ4n) is 11.2. The van der Waals surface area contributed by atoms with Gasteiger partial charge in [-0.25, -0.2) is 18.2 Å². The summed E-state index contributed by atoms with van der Waals surface area (Å²) in [6.07, 6.45) is 6.50. The normalized spacial score (nSPS) is 23.3. The Morgan fingerprint density at radius 2 is 1.71 bits per heavy atom. The lowest BCUT2D eigenvalue weighted by Gasteiger charge is -2.38. The van der Waals surface area contributed by atoms with Crippen molar-refractivity contribution in [3.63, 3.8) is 0 Å². The van der Waals surface area contributed by atoms with Gasteiger partial charge in [-0.1, -0.05) is 53.5 Å². The predicted molar refractivity (Wildman–Crippen MR) is 228 cm³/mol. The number of rotatable bonds is 9. The fraction of sp³-hybridized carbons (Fsp3) is 0.511. The summed E-state index contributed by atoms with van der Waals surface area (Å²) in [6, 6.07) is 6.36. The monoisotopic (exact) mass is 822 g/mol. The number of nitrogens with zero attached hydrogens (tertiary/aromatic N) is 6. The first-order chi connectivity index (χ1) is 28.3. The Labute approximate surface area is 344 Å². The summed E-state index contributed by atoms with van der Waals surface area (Å²) in [5.41, 5.74) is 5.19. The Hall–Kier alpha value is -4.71. The Morgan fingerprint density at radius 1 is 0.966 bits per heavy atom. The van der Waals surface area contributed by atoms with Crippen LogP contribution < -0.4 is 15.0 Å². The molecule has 4 aliphatic heterocycles. The van der Waals surface area contributed by atoms with Crippen molar-refractivity contribution in [1.29, 1.82) is 0 Å². The van der Waals surface area contributed by atoms with Gasteiger partial charge in [0.25, 0.3) is 0 Å². The van der Waals surface area contributed by atoms with Crippen LogP contribution in [0.3, 0.4) is 0 Å². The highest BCUT2D eigenvalue weighted by Gasteiger charge is 2.49. The Balaban J connectivity index is 1.29. The number of aromatic hydroxyl groups is 1. The van der Waals surface area contributed by atoms with Crippen LogP contribution in [-0.2, 0) is 0 Å². The summed E-state index contributed by atoms with van der Waals surface area (Å²) >= 11 is 0. The number of halogens is 3. The lowest BCUT2D eigenvalue weighted by Crippen LogP contribution is -2.51. The highest BCUT2D eigenvalue weighted by molar-refractivity contribution is 6.90. The number of aromatic nitrogens is 5. The molecule has 310 valence electrons. The van der Waals surface area contributed by atoms with E-state index < -0.39 is 31.4 Å². The van der Waals surface area contributed by atoms with Gasteiger partial charge in [0.2, 0.25) is 0 Å². The van der Waals surface area contributed by atoms with Crippen LogP contribution in [0.1, 0.15) is 79.2 Å². The molecule has 0 amide bonds. The summed E-state index contributed by atoms with van der Waals surface area (Å²) in [5, 5.41) is 23.2. The Bertz CT molecular complexity index is 2450. The van der Waals surface area contributed by atoms with E-state index in [-0.39, 0.29) is 52.8 Å². The molecule has 9 rings (SSSR count). The van der Waals surface area contributed by atoms with Gasteiger partial charge in [-0.3, -0.25) is 10.00 Å². The number of hydrogen-bond acceptors (Lipinski definition) is 9. The topological polar surface area (TPSA) is 115 Å². The SMILES string of the molecule is CC(C)[Si](C#Cc1c(F)ccc2cc(O)cc(-c3nc(-c4cn[nH]c4)c4c(N5C[C@H]6CC[C@@H](C5)N6)nc(OC[C@@]56CCCN5C[C@H](F)C6)nc4c3F)c12)(C(C)C)C(C)C. The maximum absolute atomic E-state index is 17.9. The number of phenolic OH excluding ortho intramolecular Hbond substituents is 1. The Morgan fingerprint density at radius 3 is 2.41 bits per heavy atom. The number of H-pyrrole nitrogens is 1. The van der Waals surface area contributed by atoms with E-state index in [1.54, 1.807) is 24.5 Å². The van der Waals surface area contributed by atoms with Crippen LogP contribution in [0.5, 0.6) is 11.8 Å². The molecule has 10 nitrogen and oxygen atoms in total. The number of pyridine rings is 1. The van der Waals surface area contributed by atoms with Gasteiger partial charge in [0.1, 0.15) is 49.4 Å². The standard InChI is InChI=1S/C45H53F3N8O2Si/c1-25(2)59(26(3)4,27(5)6)15-12-34-36(47)11-8-28-16-33(57)17-35(37(28)34)41-39(48)42-38(40(52-41)29-19-49-50-20-29)43(55-22-31-9-10-32(23-55)51-31)54-44(53-42)58-24-45-13-7-14-56(45)21-30(46)18-45/h8,11,16-17,19-20,25-27,30-32,51,57H,7,9-10,13-14,18,21-24H2,1-6H3,(H,49,50)/t30-,31-,32+,45+/m1/s1. The predicted octanol–water partition coefficient (Wildman–Crippen LogP) is 8.68. The average molecular weight is 823 g/mol. The molecule has 3 N–H and O–H groups in total. The molecule has 3 aromatic heterocycles. The van der Waals surface area contributed by atoms with Gasteiger partial charge in [-0.15, -0.1) is 5.54 Å². The van der Waals surface area contributed by atoms with Crippen molar-refractivity contribution >= 4 is 35.6 Å². The van der Waals surface area contributed by atoms with Crippen LogP contribution >= 0.6 is 0 Å². The van der Waals surface area contributed by atoms with Crippen LogP contribution in [0, 0.1) is 23.1 Å². The number of nitrogens with one attached hydrogen (secondary N) is 2. The average Bonchev–Trinajstić information content (AvgIpc) is 3.99. The summed E-state index contributed by atoms with van der Waals surface area (Å²) in [6.45, 7) is 15.8. The molecule has 7 heterocycles. The highest BCUT2D eigenvalue weighted by Crippen LogP contribution is 2.45. The number of alkyl halides is 1. The fourth-order valence-corrected chi connectivity index (χ4v) is 16.4. The van der Waals surface area contributed by atoms with E-state index >= 15 is 8.78 Å². The maximum Gasteiger partial charge on any atom is 0.319 e. The summed E-state index contributed by atoms with van der Waals surface area (Å²) in [7, 11) is -2.33. The number of anilines is 1. The molecule has 14 heteroatoms. The van der Waals surface area contributed by atoms with Crippen molar-refractivity contribution in [3.05, 3.63) is 53.9 Å². The molecule has 2 bridgehead atoms. The molecule has 0 aliphatic carbocycles. The zero-order valence-electron chi connectivity index (χ0n) is 34.7. The van der Waals surface area contributed by atoms with Crippen molar-refractivity contribution in [1.82, 2.24) is 35.4 Å². The van der Waals surface area contributed by atoms with E-state index in [0.717, 1.165) is 32.2 Å². The maximum atomic E-state index is 17.9. The van der Waals surface area contributed by atoms with Gasteiger partial charge in [0.15, 0.2) is 5.82 Å². The molecule has 0 radical (unpaired) electrons. The first-order valence-corrected chi connectivity index (χ1v) is 23.4. The van der Waals surface area contributed by atoms with Crippen LogP contribution in [0.15, 0.2) is 36.7 Å². The number of ether oxygens (including phenoxy) is 1. The zero-order valence-corrected chi connectivity index (χ0v) is 35.7. The molecule has 2 aromatic carbocycles. The lowest BCUT2D eigenvalue weighted by atomic mass is 9.95. The van der Waals surface area contributed by atoms with Crippen molar-refractivity contribution in [2.75, 3.05) is 37.7 Å².